The lowest BCUT2D eigenvalue weighted by atomic mass is 10.1. The summed E-state index contributed by atoms with van der Waals surface area (Å²) in [5.74, 6) is -0.468. The molecule has 9 nitrogen and oxygen atoms in total. The summed E-state index contributed by atoms with van der Waals surface area (Å²) in [6.07, 6.45) is 9.38. The highest BCUT2D eigenvalue weighted by molar-refractivity contribution is 7.90. The number of pyridine rings is 1. The molecule has 1 aliphatic rings. The predicted octanol–water partition coefficient (Wildman–Crippen LogP) is 3.58. The quantitative estimate of drug-likeness (QED) is 0.222. The third-order valence-electron chi connectivity index (χ3n) is 5.72. The smallest absolute Gasteiger partial charge is 0.280 e. The van der Waals surface area contributed by atoms with Crippen molar-refractivity contribution in [3.63, 3.8) is 0 Å². The molecule has 2 aromatic heterocycles. The highest BCUT2D eigenvalue weighted by atomic mass is 32.2. The number of hydrogen-bond donors (Lipinski definition) is 2. The molecule has 2 N–H and O–H groups in total. The Morgan fingerprint density at radius 2 is 1.92 bits per heavy atom. The fourth-order valence-electron chi connectivity index (χ4n) is 3.78. The number of oxime groups is 1. The monoisotopic (exact) mass is 527 g/mol. The second-order valence-corrected chi connectivity index (χ2v) is 11.7. The van der Waals surface area contributed by atoms with E-state index in [0.29, 0.717) is 17.2 Å². The van der Waals surface area contributed by atoms with Crippen LogP contribution in [0.5, 0.6) is 0 Å². The van der Waals surface area contributed by atoms with Crippen LogP contribution in [-0.2, 0) is 32.4 Å². The predicted molar refractivity (Wildman–Crippen MR) is 140 cm³/mol. The Labute approximate surface area is 214 Å². The van der Waals surface area contributed by atoms with Gasteiger partial charge >= 0.3 is 0 Å². The van der Waals surface area contributed by atoms with Gasteiger partial charge in [0.25, 0.3) is 5.91 Å². The van der Waals surface area contributed by atoms with Gasteiger partial charge in [0.05, 0.1) is 4.90 Å². The Balaban J connectivity index is 1.39. The van der Waals surface area contributed by atoms with Gasteiger partial charge in [-0.1, -0.05) is 23.4 Å². The molecule has 1 aliphatic carbocycles. The van der Waals surface area contributed by atoms with E-state index >= 15 is 0 Å². The third-order valence-corrected chi connectivity index (χ3v) is 7.76. The molecule has 0 atom stereocenters. The number of thiazole rings is 1. The molecular formula is C25H29N5O4S2. The van der Waals surface area contributed by atoms with Crippen molar-refractivity contribution in [2.75, 3.05) is 18.1 Å². The summed E-state index contributed by atoms with van der Waals surface area (Å²) in [4.78, 5) is 28.6. The van der Waals surface area contributed by atoms with Gasteiger partial charge in [-0.25, -0.2) is 13.4 Å². The number of carbonyl (C=O) groups excluding carboxylic acids is 1. The van der Waals surface area contributed by atoms with Crippen molar-refractivity contribution < 1.29 is 18.0 Å². The van der Waals surface area contributed by atoms with Gasteiger partial charge < -0.3 is 10.2 Å². The molecule has 0 spiro atoms. The van der Waals surface area contributed by atoms with Gasteiger partial charge in [0, 0.05) is 54.3 Å². The molecular weight excluding hydrogens is 498 g/mol. The van der Waals surface area contributed by atoms with Crippen LogP contribution in [0.3, 0.4) is 0 Å². The Morgan fingerprint density at radius 1 is 1.14 bits per heavy atom. The number of hydrogen-bond acceptors (Lipinski definition) is 9. The first-order valence-corrected chi connectivity index (χ1v) is 14.5. The van der Waals surface area contributed by atoms with Gasteiger partial charge in [-0.05, 0) is 49.9 Å². The van der Waals surface area contributed by atoms with E-state index in [4.69, 9.17) is 4.84 Å². The minimum absolute atomic E-state index is 0.0216. The van der Waals surface area contributed by atoms with E-state index in [1.165, 1.54) is 23.5 Å². The van der Waals surface area contributed by atoms with Crippen LogP contribution in [-0.4, -0.2) is 48.9 Å². The van der Waals surface area contributed by atoms with Crippen LogP contribution in [0.2, 0.25) is 0 Å². The van der Waals surface area contributed by atoms with Crippen LogP contribution >= 0.6 is 11.3 Å². The van der Waals surface area contributed by atoms with Gasteiger partial charge in [-0.3, -0.25) is 15.1 Å². The first-order valence-electron chi connectivity index (χ1n) is 11.8. The summed E-state index contributed by atoms with van der Waals surface area (Å²) in [5, 5.41) is 10.8. The molecule has 1 aromatic carbocycles. The van der Waals surface area contributed by atoms with Crippen molar-refractivity contribution in [2.24, 2.45) is 5.16 Å². The maximum Gasteiger partial charge on any atom is 0.280 e. The zero-order valence-corrected chi connectivity index (χ0v) is 21.6. The first kappa shape index (κ1) is 25.9. The van der Waals surface area contributed by atoms with Gasteiger partial charge in [-0.15, -0.1) is 11.3 Å². The van der Waals surface area contributed by atoms with Crippen LogP contribution < -0.4 is 10.6 Å². The summed E-state index contributed by atoms with van der Waals surface area (Å²) in [7, 11) is -3.35. The topological polar surface area (TPSA) is 123 Å². The number of carbonyl (C=O) groups is 1. The Morgan fingerprint density at radius 3 is 2.61 bits per heavy atom. The van der Waals surface area contributed by atoms with Crippen LogP contribution in [0, 0.1) is 0 Å². The first-order chi connectivity index (χ1) is 17.4. The number of nitrogens with zero attached hydrogens (tertiary/aromatic N) is 3. The maximum absolute atomic E-state index is 13.1. The molecule has 3 aromatic rings. The summed E-state index contributed by atoms with van der Waals surface area (Å²) < 4.78 is 23.6. The highest BCUT2D eigenvalue weighted by Crippen LogP contribution is 2.22. The summed E-state index contributed by atoms with van der Waals surface area (Å²) in [6.45, 7) is 1.40. The molecule has 1 amide bonds. The van der Waals surface area contributed by atoms with E-state index in [2.05, 4.69) is 25.8 Å². The van der Waals surface area contributed by atoms with Crippen molar-refractivity contribution in [3.8, 4) is 0 Å². The second-order valence-electron chi connectivity index (χ2n) is 8.58. The average molecular weight is 528 g/mol. The molecule has 0 unspecified atom stereocenters. The van der Waals surface area contributed by atoms with Crippen molar-refractivity contribution in [1.82, 2.24) is 15.3 Å². The zero-order valence-electron chi connectivity index (χ0n) is 20.0. The number of amides is 1. The largest absolute Gasteiger partial charge is 0.392 e. The van der Waals surface area contributed by atoms with E-state index in [1.54, 1.807) is 24.5 Å². The highest BCUT2D eigenvalue weighted by Gasteiger charge is 2.21. The van der Waals surface area contributed by atoms with E-state index in [9.17, 15) is 13.2 Å². The van der Waals surface area contributed by atoms with E-state index in [0.717, 1.165) is 55.5 Å². The maximum atomic E-state index is 13.1. The lowest BCUT2D eigenvalue weighted by Gasteiger charge is -2.10. The number of nitrogens with one attached hydrogen (secondary N) is 2. The second kappa shape index (κ2) is 12.2. The third kappa shape index (κ3) is 7.42. The minimum Gasteiger partial charge on any atom is -0.392 e. The SMILES string of the molecule is CS(=O)(=O)c1ccc(/C(=N\OC2CCCC2)C(=O)Nc2ncc(CNCCc3ccccn3)s2)cc1. The fraction of sp³-hybridized carbons (Fsp3) is 0.360. The standard InChI is InChI=1S/C25H29N5O4S2/c1-36(32,33)22-11-9-18(10-12-22)23(30-34-20-7-2-3-8-20)24(31)29-25-28-17-21(35-25)16-26-15-13-19-6-4-5-14-27-19/h4-6,9-12,14,17,20,26H,2-3,7-8,13,15-16H2,1H3,(H,28,29,31)/b30-23+. The number of aromatic nitrogens is 2. The number of sulfone groups is 1. The number of anilines is 1. The van der Waals surface area contributed by atoms with Gasteiger partial charge in [0.1, 0.15) is 6.10 Å². The molecule has 0 bridgehead atoms. The number of rotatable bonds is 11. The summed E-state index contributed by atoms with van der Waals surface area (Å²) >= 11 is 1.37. The molecule has 1 fully saturated rings. The summed E-state index contributed by atoms with van der Waals surface area (Å²) in [6, 6.07) is 11.9. The average Bonchev–Trinajstić information content (AvgIpc) is 3.55. The number of benzene rings is 1. The molecule has 0 aliphatic heterocycles. The van der Waals surface area contributed by atoms with Crippen molar-refractivity contribution in [3.05, 3.63) is 71.0 Å². The van der Waals surface area contributed by atoms with E-state index < -0.39 is 15.7 Å². The lowest BCUT2D eigenvalue weighted by molar-refractivity contribution is -0.110. The van der Waals surface area contributed by atoms with Gasteiger partial charge in [0.15, 0.2) is 20.7 Å². The molecule has 11 heteroatoms. The molecule has 4 rings (SSSR count). The van der Waals surface area contributed by atoms with E-state index in [1.807, 2.05) is 18.2 Å². The molecule has 36 heavy (non-hydrogen) atoms. The van der Waals surface area contributed by atoms with Crippen molar-refractivity contribution >= 4 is 37.9 Å². The van der Waals surface area contributed by atoms with Crippen LogP contribution in [0.1, 0.15) is 41.8 Å². The van der Waals surface area contributed by atoms with Gasteiger partial charge in [0.2, 0.25) is 0 Å². The van der Waals surface area contributed by atoms with Crippen molar-refractivity contribution in [1.29, 1.82) is 0 Å². The zero-order chi connectivity index (χ0) is 25.4. The van der Waals surface area contributed by atoms with Crippen molar-refractivity contribution in [2.45, 2.75) is 49.6 Å². The fourth-order valence-corrected chi connectivity index (χ4v) is 5.19. The Bertz CT molecular complexity index is 1290. The molecule has 0 saturated heterocycles. The van der Waals surface area contributed by atoms with Gasteiger partial charge in [-0.2, -0.15) is 0 Å². The van der Waals surface area contributed by atoms with Crippen LogP contribution in [0.4, 0.5) is 5.13 Å². The summed E-state index contributed by atoms with van der Waals surface area (Å²) in [5.41, 5.74) is 1.57. The molecule has 1 saturated carbocycles. The normalized spacial score (nSPS) is 14.6. The molecule has 2 heterocycles. The molecule has 0 radical (unpaired) electrons. The minimum atomic E-state index is -3.35. The Hall–Kier alpha value is -3.15. The van der Waals surface area contributed by atoms with E-state index in [-0.39, 0.29) is 16.7 Å². The lowest BCUT2D eigenvalue weighted by Crippen LogP contribution is -2.25. The molecule has 190 valence electrons. The van der Waals surface area contributed by atoms with Crippen LogP contribution in [0.25, 0.3) is 0 Å². The Kier molecular flexibility index (Phi) is 8.79. The van der Waals surface area contributed by atoms with Crippen LogP contribution in [0.15, 0.2) is 64.9 Å².